The molecule has 4 heteroatoms. The van der Waals surface area contributed by atoms with Crippen LogP contribution in [0.3, 0.4) is 0 Å². The van der Waals surface area contributed by atoms with Crippen molar-refractivity contribution in [2.24, 2.45) is 5.10 Å². The molecule has 1 aromatic heterocycles. The van der Waals surface area contributed by atoms with Crippen LogP contribution in [0.1, 0.15) is 47.6 Å². The van der Waals surface area contributed by atoms with E-state index in [0.717, 1.165) is 16.3 Å². The standard InChI is InChI=1S/C21H21N3O/c25-21(19-10-9-17-5-1-2-6-18(17)13-19)23-22-14-16-11-12-24(15-16)20-7-3-4-8-20/h1-2,5-6,9-15,20H,3-4,7-8H2,(H,23,25)/b22-14-. The van der Waals surface area contributed by atoms with Gasteiger partial charge in [0.2, 0.25) is 0 Å². The number of hydrazone groups is 1. The summed E-state index contributed by atoms with van der Waals surface area (Å²) < 4.78 is 2.26. The minimum Gasteiger partial charge on any atom is -0.351 e. The third kappa shape index (κ3) is 3.48. The van der Waals surface area contributed by atoms with Crippen LogP contribution in [0.15, 0.2) is 66.0 Å². The second kappa shape index (κ2) is 6.93. The highest BCUT2D eigenvalue weighted by atomic mass is 16.2. The molecular formula is C21H21N3O. The van der Waals surface area contributed by atoms with Crippen LogP contribution in [0.4, 0.5) is 0 Å². The topological polar surface area (TPSA) is 46.4 Å². The number of rotatable bonds is 4. The molecule has 25 heavy (non-hydrogen) atoms. The van der Waals surface area contributed by atoms with Gasteiger partial charge in [0.15, 0.2) is 0 Å². The minimum atomic E-state index is -0.197. The van der Waals surface area contributed by atoms with Gasteiger partial charge in [-0.25, -0.2) is 5.43 Å². The molecule has 2 aromatic carbocycles. The first-order valence-electron chi connectivity index (χ1n) is 8.79. The minimum absolute atomic E-state index is 0.197. The number of aromatic nitrogens is 1. The molecule has 3 aromatic rings. The van der Waals surface area contributed by atoms with Crippen LogP contribution in [0, 0.1) is 0 Å². The van der Waals surface area contributed by atoms with E-state index in [-0.39, 0.29) is 5.91 Å². The first-order valence-corrected chi connectivity index (χ1v) is 8.79. The summed E-state index contributed by atoms with van der Waals surface area (Å²) in [5, 5.41) is 6.27. The van der Waals surface area contributed by atoms with Gasteiger partial charge in [-0.15, -0.1) is 0 Å². The number of amides is 1. The highest BCUT2D eigenvalue weighted by Gasteiger charge is 2.15. The Morgan fingerprint density at radius 2 is 1.88 bits per heavy atom. The lowest BCUT2D eigenvalue weighted by Gasteiger charge is -2.10. The van der Waals surface area contributed by atoms with Crippen LogP contribution in [0.25, 0.3) is 10.8 Å². The van der Waals surface area contributed by atoms with Gasteiger partial charge in [-0.05, 0) is 41.8 Å². The molecule has 0 bridgehead atoms. The highest BCUT2D eigenvalue weighted by Crippen LogP contribution is 2.29. The van der Waals surface area contributed by atoms with E-state index in [0.29, 0.717) is 11.6 Å². The molecule has 4 rings (SSSR count). The zero-order valence-corrected chi connectivity index (χ0v) is 14.1. The molecule has 1 aliphatic carbocycles. The Kier molecular flexibility index (Phi) is 4.34. The maximum Gasteiger partial charge on any atom is 0.271 e. The van der Waals surface area contributed by atoms with Gasteiger partial charge in [-0.1, -0.05) is 43.2 Å². The molecule has 0 aliphatic heterocycles. The third-order valence-electron chi connectivity index (χ3n) is 4.87. The quantitative estimate of drug-likeness (QED) is 0.554. The molecule has 1 aliphatic rings. The summed E-state index contributed by atoms with van der Waals surface area (Å²) >= 11 is 0. The Hall–Kier alpha value is -2.88. The lowest BCUT2D eigenvalue weighted by molar-refractivity contribution is 0.0955. The van der Waals surface area contributed by atoms with Gasteiger partial charge in [-0.3, -0.25) is 4.79 Å². The summed E-state index contributed by atoms with van der Waals surface area (Å²) in [6, 6.07) is 16.3. The van der Waals surface area contributed by atoms with E-state index in [2.05, 4.69) is 27.5 Å². The Morgan fingerprint density at radius 1 is 1.08 bits per heavy atom. The van der Waals surface area contributed by atoms with E-state index in [1.807, 2.05) is 48.5 Å². The average Bonchev–Trinajstić information content (AvgIpc) is 3.32. The lowest BCUT2D eigenvalue weighted by Crippen LogP contribution is -2.17. The average molecular weight is 331 g/mol. The summed E-state index contributed by atoms with van der Waals surface area (Å²) in [7, 11) is 0. The Morgan fingerprint density at radius 3 is 2.72 bits per heavy atom. The largest absolute Gasteiger partial charge is 0.351 e. The summed E-state index contributed by atoms with van der Waals surface area (Å²) in [6.45, 7) is 0. The van der Waals surface area contributed by atoms with Crippen molar-refractivity contribution >= 4 is 22.9 Å². The predicted octanol–water partition coefficient (Wildman–Crippen LogP) is 4.52. The van der Waals surface area contributed by atoms with Crippen molar-refractivity contribution in [2.75, 3.05) is 0 Å². The van der Waals surface area contributed by atoms with Crippen molar-refractivity contribution in [3.8, 4) is 0 Å². The number of nitrogens with one attached hydrogen (secondary N) is 1. The number of hydrogen-bond donors (Lipinski definition) is 1. The van der Waals surface area contributed by atoms with Gasteiger partial charge in [-0.2, -0.15) is 5.10 Å². The number of carbonyl (C=O) groups excluding carboxylic acids is 1. The van der Waals surface area contributed by atoms with E-state index in [1.54, 1.807) is 6.21 Å². The van der Waals surface area contributed by atoms with Crippen molar-refractivity contribution in [2.45, 2.75) is 31.7 Å². The fourth-order valence-electron chi connectivity index (χ4n) is 3.50. The monoisotopic (exact) mass is 331 g/mol. The molecule has 1 amide bonds. The number of carbonyl (C=O) groups is 1. The van der Waals surface area contributed by atoms with Gasteiger partial charge >= 0.3 is 0 Å². The molecule has 126 valence electrons. The summed E-state index contributed by atoms with van der Waals surface area (Å²) in [6.07, 6.45) is 11.0. The SMILES string of the molecule is O=C(N/N=C\c1ccn(C2CCCC2)c1)c1ccc2ccccc2c1. The molecule has 1 saturated carbocycles. The van der Waals surface area contributed by atoms with Crippen LogP contribution in [-0.2, 0) is 0 Å². The fraction of sp³-hybridized carbons (Fsp3) is 0.238. The van der Waals surface area contributed by atoms with Gasteiger partial charge in [0.1, 0.15) is 0 Å². The maximum absolute atomic E-state index is 12.3. The number of nitrogens with zero attached hydrogens (tertiary/aromatic N) is 2. The van der Waals surface area contributed by atoms with Crippen molar-refractivity contribution in [3.05, 3.63) is 72.1 Å². The summed E-state index contributed by atoms with van der Waals surface area (Å²) in [4.78, 5) is 12.3. The third-order valence-corrected chi connectivity index (χ3v) is 4.87. The normalized spacial score (nSPS) is 15.2. The smallest absolute Gasteiger partial charge is 0.271 e. The number of benzene rings is 2. The highest BCUT2D eigenvalue weighted by molar-refractivity contribution is 5.98. The second-order valence-electron chi connectivity index (χ2n) is 6.59. The summed E-state index contributed by atoms with van der Waals surface area (Å²) in [5.74, 6) is -0.197. The first-order chi connectivity index (χ1) is 12.3. The molecule has 0 spiro atoms. The van der Waals surface area contributed by atoms with Gasteiger partial charge < -0.3 is 4.57 Å². The molecule has 1 N–H and O–H groups in total. The lowest BCUT2D eigenvalue weighted by atomic mass is 10.1. The molecule has 1 heterocycles. The van der Waals surface area contributed by atoms with E-state index in [4.69, 9.17) is 0 Å². The maximum atomic E-state index is 12.3. The van der Waals surface area contributed by atoms with Crippen molar-refractivity contribution in [3.63, 3.8) is 0 Å². The Labute approximate surface area is 147 Å². The van der Waals surface area contributed by atoms with Crippen molar-refractivity contribution in [1.29, 1.82) is 0 Å². The zero-order valence-electron chi connectivity index (χ0n) is 14.1. The van der Waals surface area contributed by atoms with Crippen LogP contribution in [0.2, 0.25) is 0 Å². The van der Waals surface area contributed by atoms with Crippen LogP contribution >= 0.6 is 0 Å². The Balaban J connectivity index is 1.41. The van der Waals surface area contributed by atoms with Crippen LogP contribution in [-0.4, -0.2) is 16.7 Å². The van der Waals surface area contributed by atoms with E-state index >= 15 is 0 Å². The van der Waals surface area contributed by atoms with Gasteiger partial charge in [0.25, 0.3) is 5.91 Å². The second-order valence-corrected chi connectivity index (χ2v) is 6.59. The predicted molar refractivity (Wildman–Crippen MR) is 101 cm³/mol. The molecule has 1 fully saturated rings. The molecule has 0 radical (unpaired) electrons. The molecule has 0 unspecified atom stereocenters. The Bertz CT molecular complexity index is 920. The number of hydrogen-bond acceptors (Lipinski definition) is 2. The first kappa shape index (κ1) is 15.6. The van der Waals surface area contributed by atoms with Crippen LogP contribution in [0.5, 0.6) is 0 Å². The van der Waals surface area contributed by atoms with Crippen molar-refractivity contribution in [1.82, 2.24) is 9.99 Å². The number of fused-ring (bicyclic) bond motifs is 1. The van der Waals surface area contributed by atoms with Crippen molar-refractivity contribution < 1.29 is 4.79 Å². The fourth-order valence-corrected chi connectivity index (χ4v) is 3.50. The van der Waals surface area contributed by atoms with Gasteiger partial charge in [0.05, 0.1) is 6.21 Å². The molecule has 0 saturated heterocycles. The van der Waals surface area contributed by atoms with E-state index < -0.39 is 0 Å². The summed E-state index contributed by atoms with van der Waals surface area (Å²) in [5.41, 5.74) is 4.23. The molecule has 4 nitrogen and oxygen atoms in total. The zero-order chi connectivity index (χ0) is 17.1. The van der Waals surface area contributed by atoms with E-state index in [1.165, 1.54) is 25.7 Å². The molecule has 0 atom stereocenters. The van der Waals surface area contributed by atoms with E-state index in [9.17, 15) is 4.79 Å². The van der Waals surface area contributed by atoms with Crippen LogP contribution < -0.4 is 5.43 Å². The van der Waals surface area contributed by atoms with Gasteiger partial charge in [0, 0.05) is 29.6 Å². The molecular weight excluding hydrogens is 310 g/mol.